The van der Waals surface area contributed by atoms with Gasteiger partial charge in [-0.2, -0.15) is 4.31 Å². The van der Waals surface area contributed by atoms with Gasteiger partial charge in [0.15, 0.2) is 0 Å². The first-order valence-electron chi connectivity index (χ1n) is 13.8. The average Bonchev–Trinajstić information content (AvgIpc) is 3.34. The van der Waals surface area contributed by atoms with Crippen molar-refractivity contribution >= 4 is 22.0 Å². The predicted octanol–water partition coefficient (Wildman–Crippen LogP) is 2.61. The van der Waals surface area contributed by atoms with Crippen molar-refractivity contribution in [2.45, 2.75) is 61.6 Å². The van der Waals surface area contributed by atoms with Gasteiger partial charge in [0.2, 0.25) is 15.9 Å². The molecule has 41 heavy (non-hydrogen) atoms. The van der Waals surface area contributed by atoms with Crippen LogP contribution in [0.2, 0.25) is 0 Å². The minimum absolute atomic E-state index is 0.0350. The van der Waals surface area contributed by atoms with E-state index in [9.17, 15) is 31.9 Å². The molecule has 0 aliphatic carbocycles. The van der Waals surface area contributed by atoms with Gasteiger partial charge in [0.25, 0.3) is 0 Å². The first kappa shape index (κ1) is 29.2. The summed E-state index contributed by atoms with van der Waals surface area (Å²) in [5.41, 5.74) is -0.409. The topological polar surface area (TPSA) is 128 Å². The molecule has 5 rings (SSSR count). The number of hydrogen-bond donors (Lipinski definition) is 3. The van der Waals surface area contributed by atoms with Gasteiger partial charge in [-0.3, -0.25) is 4.79 Å². The molecule has 13 heteroatoms. The van der Waals surface area contributed by atoms with Crippen molar-refractivity contribution in [3.05, 3.63) is 48.0 Å². The smallest absolute Gasteiger partial charge is 0.317 e. The Morgan fingerprint density at radius 2 is 1.93 bits per heavy atom. The largest absolute Gasteiger partial charge is 0.492 e. The second kappa shape index (κ2) is 11.5. The summed E-state index contributed by atoms with van der Waals surface area (Å²) < 4.78 is 62.8. The van der Waals surface area contributed by atoms with Crippen molar-refractivity contribution in [2.75, 3.05) is 32.8 Å². The number of urea groups is 1. The van der Waals surface area contributed by atoms with E-state index in [1.54, 1.807) is 4.90 Å². The molecular weight excluding hydrogens is 558 g/mol. The number of benzene rings is 2. The van der Waals surface area contributed by atoms with Crippen LogP contribution in [0.3, 0.4) is 0 Å². The number of piperidine rings is 1. The quantitative estimate of drug-likeness (QED) is 0.503. The van der Waals surface area contributed by atoms with Crippen molar-refractivity contribution < 1.29 is 36.6 Å². The molecule has 0 bridgehead atoms. The molecule has 1 spiro atoms. The third-order valence-corrected chi connectivity index (χ3v) is 9.98. The molecule has 3 amide bonds. The highest BCUT2D eigenvalue weighted by molar-refractivity contribution is 7.89. The lowest BCUT2D eigenvalue weighted by molar-refractivity contribution is -0.127. The summed E-state index contributed by atoms with van der Waals surface area (Å²) in [5.74, 6) is -2.10. The minimum Gasteiger partial charge on any atom is -0.492 e. The van der Waals surface area contributed by atoms with Crippen LogP contribution in [0.1, 0.15) is 39.0 Å². The van der Waals surface area contributed by atoms with Crippen LogP contribution in [-0.2, 0) is 14.8 Å². The fraction of sp³-hybridized carbons (Fsp3) is 0.500. The summed E-state index contributed by atoms with van der Waals surface area (Å²) in [6.45, 7) is 3.05. The monoisotopic (exact) mass is 592 g/mol. The Morgan fingerprint density at radius 1 is 1.17 bits per heavy atom. The van der Waals surface area contributed by atoms with Crippen LogP contribution >= 0.6 is 0 Å². The molecule has 0 radical (unpaired) electrons. The van der Waals surface area contributed by atoms with E-state index in [0.29, 0.717) is 44.5 Å². The molecule has 10 nitrogen and oxygen atoms in total. The molecule has 0 saturated carbocycles. The summed E-state index contributed by atoms with van der Waals surface area (Å²) in [7, 11) is -4.32. The molecule has 2 atom stereocenters. The zero-order valence-corrected chi connectivity index (χ0v) is 23.6. The van der Waals surface area contributed by atoms with Crippen LogP contribution in [-0.4, -0.2) is 85.1 Å². The average molecular weight is 593 g/mol. The number of carbonyl (C=O) groups is 2. The van der Waals surface area contributed by atoms with Gasteiger partial charge in [0, 0.05) is 56.2 Å². The predicted molar refractivity (Wildman–Crippen MR) is 146 cm³/mol. The van der Waals surface area contributed by atoms with Gasteiger partial charge >= 0.3 is 6.03 Å². The highest BCUT2D eigenvalue weighted by Crippen LogP contribution is 2.37. The molecule has 2 aromatic rings. The normalized spacial score (nSPS) is 24.0. The number of aliphatic hydroxyl groups is 1. The number of nitrogens with zero attached hydrogens (tertiary/aromatic N) is 2. The Labute approximate surface area is 237 Å². The van der Waals surface area contributed by atoms with Crippen molar-refractivity contribution in [1.29, 1.82) is 0 Å². The highest BCUT2D eigenvalue weighted by atomic mass is 32.2. The second-order valence-electron chi connectivity index (χ2n) is 10.9. The van der Waals surface area contributed by atoms with E-state index in [4.69, 9.17) is 4.74 Å². The van der Waals surface area contributed by atoms with Crippen LogP contribution in [0.25, 0.3) is 11.1 Å². The number of carbonyl (C=O) groups excluding carboxylic acids is 2. The second-order valence-corrected chi connectivity index (χ2v) is 12.7. The highest BCUT2D eigenvalue weighted by Gasteiger charge is 2.47. The molecule has 3 N–H and O–H groups in total. The molecule has 2 fully saturated rings. The molecule has 3 aliphatic rings. The number of fused-ring (bicyclic) bond motifs is 2. The van der Waals surface area contributed by atoms with Gasteiger partial charge < -0.3 is 25.4 Å². The third kappa shape index (κ3) is 5.88. The SMILES string of the molecule is CCCNC(=O)N1CCC2(CCOc3cc(-c4ccc(F)cc4F)ccc3S(=O)(=O)N3C[C@H](O)C[C@H]3C(=O)N2)CC1. The first-order valence-corrected chi connectivity index (χ1v) is 15.2. The van der Waals surface area contributed by atoms with E-state index in [1.165, 1.54) is 24.3 Å². The Kier molecular flexibility index (Phi) is 8.22. The van der Waals surface area contributed by atoms with Crippen molar-refractivity contribution in [3.63, 3.8) is 0 Å². The molecular formula is C28H34F2N4O6S. The van der Waals surface area contributed by atoms with E-state index < -0.39 is 45.2 Å². The number of ether oxygens (including phenoxy) is 1. The number of hydrogen-bond acceptors (Lipinski definition) is 6. The maximum Gasteiger partial charge on any atom is 0.317 e. The summed E-state index contributed by atoms with van der Waals surface area (Å²) >= 11 is 0. The fourth-order valence-electron chi connectivity index (χ4n) is 5.76. The van der Waals surface area contributed by atoms with Crippen LogP contribution in [0.15, 0.2) is 41.3 Å². The third-order valence-electron chi connectivity index (χ3n) is 8.07. The summed E-state index contributed by atoms with van der Waals surface area (Å²) in [5, 5.41) is 16.3. The Hall–Kier alpha value is -3.29. The van der Waals surface area contributed by atoms with Gasteiger partial charge in [0.05, 0.1) is 12.7 Å². The summed E-state index contributed by atoms with van der Waals surface area (Å²) in [6, 6.07) is 5.88. The Bertz CT molecular complexity index is 1430. The number of rotatable bonds is 3. The molecule has 0 unspecified atom stereocenters. The van der Waals surface area contributed by atoms with Gasteiger partial charge in [-0.05, 0) is 49.1 Å². The number of amides is 3. The molecule has 2 saturated heterocycles. The van der Waals surface area contributed by atoms with Gasteiger partial charge in [-0.15, -0.1) is 0 Å². The van der Waals surface area contributed by atoms with Gasteiger partial charge in [-0.1, -0.05) is 13.0 Å². The fourth-order valence-corrected chi connectivity index (χ4v) is 7.51. The Morgan fingerprint density at radius 3 is 2.63 bits per heavy atom. The van der Waals surface area contributed by atoms with Crippen molar-refractivity contribution in [1.82, 2.24) is 19.8 Å². The first-order chi connectivity index (χ1) is 19.5. The number of likely N-dealkylation sites (tertiary alicyclic amines) is 1. The Balaban J connectivity index is 1.49. The van der Waals surface area contributed by atoms with Crippen LogP contribution in [0.4, 0.5) is 13.6 Å². The van der Waals surface area contributed by atoms with Crippen molar-refractivity contribution in [2.24, 2.45) is 0 Å². The van der Waals surface area contributed by atoms with Crippen LogP contribution in [0.5, 0.6) is 5.75 Å². The zero-order valence-electron chi connectivity index (χ0n) is 22.7. The molecule has 0 aromatic heterocycles. The number of halogens is 2. The van der Waals surface area contributed by atoms with Crippen LogP contribution < -0.4 is 15.4 Å². The van der Waals surface area contributed by atoms with E-state index >= 15 is 0 Å². The molecule has 3 heterocycles. The number of sulfonamides is 1. The molecule has 222 valence electrons. The van der Waals surface area contributed by atoms with Crippen molar-refractivity contribution in [3.8, 4) is 16.9 Å². The van der Waals surface area contributed by atoms with Gasteiger partial charge in [-0.25, -0.2) is 22.0 Å². The number of aliphatic hydroxyl groups excluding tert-OH is 1. The van der Waals surface area contributed by atoms with E-state index in [2.05, 4.69) is 10.6 Å². The van der Waals surface area contributed by atoms with E-state index in [0.717, 1.165) is 22.9 Å². The number of nitrogens with one attached hydrogen (secondary N) is 2. The lowest BCUT2D eigenvalue weighted by atomic mass is 9.84. The summed E-state index contributed by atoms with van der Waals surface area (Å²) in [6.07, 6.45) is 0.879. The van der Waals surface area contributed by atoms with E-state index in [1.807, 2.05) is 6.92 Å². The standard InChI is InChI=1S/C28H34F2N4O6S/c1-2-10-31-27(37)33-11-7-28(8-12-33)9-13-40-24-14-18(21-5-4-19(29)15-22(21)30)3-6-25(24)41(38,39)34-17-20(35)16-23(34)26(36)32-28/h3-6,14-15,20,23,35H,2,7-13,16-17H2,1H3,(H,31,37)(H,32,36)/t20-,23+/m1/s1. The lowest BCUT2D eigenvalue weighted by Crippen LogP contribution is -2.60. The van der Waals surface area contributed by atoms with Gasteiger partial charge in [0.1, 0.15) is 28.3 Å². The molecule has 3 aliphatic heterocycles. The maximum absolute atomic E-state index is 14.6. The molecule has 2 aromatic carbocycles. The zero-order chi connectivity index (χ0) is 29.4. The van der Waals surface area contributed by atoms with E-state index in [-0.39, 0.29) is 41.8 Å². The van der Waals surface area contributed by atoms with Crippen LogP contribution in [0, 0.1) is 11.6 Å². The maximum atomic E-state index is 14.6. The summed E-state index contributed by atoms with van der Waals surface area (Å²) in [4.78, 5) is 27.5. The minimum atomic E-state index is -4.32. The lowest BCUT2D eigenvalue weighted by Gasteiger charge is -2.43.